The van der Waals surface area contributed by atoms with Crippen LogP contribution in [0.25, 0.3) is 6.08 Å². The molecule has 3 N–H and O–H groups in total. The van der Waals surface area contributed by atoms with Crippen LogP contribution in [0.5, 0.6) is 0 Å². The third-order valence-electron chi connectivity index (χ3n) is 3.05. The molecule has 0 amide bonds. The highest BCUT2D eigenvalue weighted by molar-refractivity contribution is 5.96. The Balaban J connectivity index is 2.25. The first-order valence-electron chi connectivity index (χ1n) is 5.17. The second-order valence-corrected chi connectivity index (χ2v) is 4.11. The summed E-state index contributed by atoms with van der Waals surface area (Å²) in [5.74, 6) is 0.936. The highest BCUT2D eigenvalue weighted by Crippen LogP contribution is 2.41. The van der Waals surface area contributed by atoms with E-state index in [0.717, 1.165) is 5.69 Å². The first-order valence-corrected chi connectivity index (χ1v) is 5.17. The van der Waals surface area contributed by atoms with E-state index in [1.807, 2.05) is 6.07 Å². The number of nitrogens with one attached hydrogen (secondary N) is 1. The number of nitrogens with two attached hydrogens (primary N) is 1. The van der Waals surface area contributed by atoms with Crippen molar-refractivity contribution in [3.05, 3.63) is 35.4 Å². The van der Waals surface area contributed by atoms with Gasteiger partial charge >= 0.3 is 0 Å². The monoisotopic (exact) mass is 199 g/mol. The summed E-state index contributed by atoms with van der Waals surface area (Å²) in [4.78, 5) is 4.47. The Bertz CT molecular complexity index is 474. The number of guanidine groups is 1. The van der Waals surface area contributed by atoms with E-state index >= 15 is 0 Å². The van der Waals surface area contributed by atoms with Gasteiger partial charge in [-0.3, -0.25) is 0 Å². The Kier molecular flexibility index (Phi) is 1.63. The van der Waals surface area contributed by atoms with Crippen molar-refractivity contribution in [3.8, 4) is 0 Å². The van der Waals surface area contributed by atoms with Gasteiger partial charge in [-0.1, -0.05) is 31.2 Å². The number of anilines is 1. The summed E-state index contributed by atoms with van der Waals surface area (Å²) in [6.45, 7) is 2.17. The third kappa shape index (κ3) is 1.16. The van der Waals surface area contributed by atoms with E-state index < -0.39 is 0 Å². The van der Waals surface area contributed by atoms with Gasteiger partial charge in [0.2, 0.25) is 0 Å². The topological polar surface area (TPSA) is 50.4 Å². The van der Waals surface area contributed by atoms with Crippen molar-refractivity contribution in [2.75, 3.05) is 5.32 Å². The van der Waals surface area contributed by atoms with Crippen molar-refractivity contribution in [1.29, 1.82) is 0 Å². The molecule has 1 aliphatic carbocycles. The smallest absolute Gasteiger partial charge is 0.193 e. The lowest BCUT2D eigenvalue weighted by atomic mass is 9.84. The summed E-state index contributed by atoms with van der Waals surface area (Å²) in [7, 11) is 0. The van der Waals surface area contributed by atoms with Crippen LogP contribution >= 0.6 is 0 Å². The minimum absolute atomic E-state index is 0.183. The van der Waals surface area contributed by atoms with Gasteiger partial charge in [-0.05, 0) is 11.6 Å². The number of hydrogen-bond donors (Lipinski definition) is 2. The minimum atomic E-state index is 0.183. The maximum absolute atomic E-state index is 5.77. The fourth-order valence-corrected chi connectivity index (χ4v) is 2.29. The van der Waals surface area contributed by atoms with Crippen LogP contribution in [0.15, 0.2) is 29.3 Å². The zero-order valence-electron chi connectivity index (χ0n) is 8.57. The number of nitrogens with zero attached hydrogens (tertiary/aromatic N) is 1. The summed E-state index contributed by atoms with van der Waals surface area (Å²) < 4.78 is 0. The molecule has 1 aromatic carbocycles. The van der Waals surface area contributed by atoms with Gasteiger partial charge in [0.05, 0.1) is 6.04 Å². The molecule has 0 fully saturated rings. The molecule has 0 radical (unpaired) electrons. The minimum Gasteiger partial charge on any atom is -0.370 e. The average Bonchev–Trinajstić information content (AvgIpc) is 2.23. The molecule has 1 aliphatic heterocycles. The van der Waals surface area contributed by atoms with Gasteiger partial charge in [0.1, 0.15) is 0 Å². The normalized spacial score (nSPS) is 26.6. The van der Waals surface area contributed by atoms with E-state index in [1.165, 1.54) is 11.1 Å². The van der Waals surface area contributed by atoms with E-state index in [4.69, 9.17) is 5.73 Å². The van der Waals surface area contributed by atoms with Crippen LogP contribution < -0.4 is 11.1 Å². The maximum atomic E-state index is 5.77. The summed E-state index contributed by atoms with van der Waals surface area (Å²) in [5, 5.41) is 3.11. The van der Waals surface area contributed by atoms with Gasteiger partial charge < -0.3 is 11.1 Å². The SMILES string of the molecule is CC1C=Cc2cccc3c2C1N=C(N)N3. The third-order valence-corrected chi connectivity index (χ3v) is 3.05. The fraction of sp³-hybridized carbons (Fsp3) is 0.250. The maximum Gasteiger partial charge on any atom is 0.193 e. The second-order valence-electron chi connectivity index (χ2n) is 4.11. The number of rotatable bonds is 0. The highest BCUT2D eigenvalue weighted by atomic mass is 15.1. The summed E-state index contributed by atoms with van der Waals surface area (Å²) in [6.07, 6.45) is 4.36. The molecular weight excluding hydrogens is 186 g/mol. The van der Waals surface area contributed by atoms with Gasteiger partial charge in [0.15, 0.2) is 5.96 Å². The van der Waals surface area contributed by atoms with Gasteiger partial charge in [0, 0.05) is 17.2 Å². The van der Waals surface area contributed by atoms with Gasteiger partial charge in [-0.15, -0.1) is 0 Å². The summed E-state index contributed by atoms with van der Waals surface area (Å²) in [6, 6.07) is 6.39. The van der Waals surface area contributed by atoms with Crippen LogP contribution in [-0.4, -0.2) is 5.96 Å². The van der Waals surface area contributed by atoms with Crippen molar-refractivity contribution in [1.82, 2.24) is 0 Å². The molecule has 0 saturated carbocycles. The summed E-state index contributed by atoms with van der Waals surface area (Å²) in [5.41, 5.74) is 9.39. The van der Waals surface area contributed by atoms with Crippen LogP contribution in [-0.2, 0) is 0 Å². The molecule has 0 bridgehead atoms. The number of aliphatic imine (C=N–C) groups is 1. The van der Waals surface area contributed by atoms with Crippen molar-refractivity contribution in [2.24, 2.45) is 16.6 Å². The van der Waals surface area contributed by atoms with Gasteiger partial charge in [-0.2, -0.15) is 0 Å². The molecule has 3 rings (SSSR count). The molecule has 1 aromatic rings. The molecule has 76 valence electrons. The largest absolute Gasteiger partial charge is 0.370 e. The van der Waals surface area contributed by atoms with Crippen molar-refractivity contribution in [2.45, 2.75) is 13.0 Å². The molecule has 2 atom stereocenters. The van der Waals surface area contributed by atoms with Crippen molar-refractivity contribution in [3.63, 3.8) is 0 Å². The fourth-order valence-electron chi connectivity index (χ4n) is 2.29. The lowest BCUT2D eigenvalue weighted by Gasteiger charge is -2.30. The van der Waals surface area contributed by atoms with E-state index in [-0.39, 0.29) is 6.04 Å². The lowest BCUT2D eigenvalue weighted by molar-refractivity contribution is 0.561. The predicted octanol–water partition coefficient (Wildman–Crippen LogP) is 2.13. The Labute approximate surface area is 88.7 Å². The summed E-state index contributed by atoms with van der Waals surface area (Å²) >= 11 is 0. The standard InChI is InChI=1S/C12H13N3/c1-7-5-6-8-3-2-4-9-10(8)11(7)15-12(13)14-9/h2-7,11H,1H3,(H3,13,14,15). The molecule has 0 saturated heterocycles. The van der Waals surface area contributed by atoms with E-state index in [2.05, 4.69) is 41.5 Å². The quantitative estimate of drug-likeness (QED) is 0.672. The Morgan fingerprint density at radius 2 is 2.27 bits per heavy atom. The number of hydrogen-bond acceptors (Lipinski definition) is 3. The predicted molar refractivity (Wildman–Crippen MR) is 62.6 cm³/mol. The van der Waals surface area contributed by atoms with Crippen LogP contribution in [0.3, 0.4) is 0 Å². The molecule has 3 heteroatoms. The lowest BCUT2D eigenvalue weighted by Crippen LogP contribution is -2.30. The van der Waals surface area contributed by atoms with Crippen molar-refractivity contribution >= 4 is 17.7 Å². The van der Waals surface area contributed by atoms with Crippen LogP contribution in [0.1, 0.15) is 24.1 Å². The molecule has 0 spiro atoms. The molecule has 0 aromatic heterocycles. The van der Waals surface area contributed by atoms with Crippen molar-refractivity contribution < 1.29 is 0 Å². The average molecular weight is 199 g/mol. The van der Waals surface area contributed by atoms with Gasteiger partial charge in [0.25, 0.3) is 0 Å². The first kappa shape index (κ1) is 8.53. The highest BCUT2D eigenvalue weighted by Gasteiger charge is 2.28. The second kappa shape index (κ2) is 2.86. The van der Waals surface area contributed by atoms with Crippen LogP contribution in [0, 0.1) is 5.92 Å². The van der Waals surface area contributed by atoms with Gasteiger partial charge in [-0.25, -0.2) is 4.99 Å². The molecule has 3 nitrogen and oxygen atoms in total. The Morgan fingerprint density at radius 1 is 1.40 bits per heavy atom. The Morgan fingerprint density at radius 3 is 3.13 bits per heavy atom. The van der Waals surface area contributed by atoms with E-state index in [0.29, 0.717) is 11.9 Å². The molecule has 2 aliphatic rings. The van der Waals surface area contributed by atoms with Crippen LogP contribution in [0.2, 0.25) is 0 Å². The van der Waals surface area contributed by atoms with Crippen LogP contribution in [0.4, 0.5) is 5.69 Å². The number of benzene rings is 1. The molecule has 1 heterocycles. The molecule has 2 unspecified atom stereocenters. The zero-order chi connectivity index (χ0) is 10.4. The zero-order valence-corrected chi connectivity index (χ0v) is 8.57. The van der Waals surface area contributed by atoms with E-state index in [9.17, 15) is 0 Å². The van der Waals surface area contributed by atoms with E-state index in [1.54, 1.807) is 0 Å². The molecule has 15 heavy (non-hydrogen) atoms. The molecular formula is C12H13N3. The Hall–Kier alpha value is -1.77. The first-order chi connectivity index (χ1) is 7.25.